The number of H-pyrrole nitrogens is 1. The van der Waals surface area contributed by atoms with Crippen LogP contribution in [0.25, 0.3) is 17.0 Å². The van der Waals surface area contributed by atoms with Crippen molar-refractivity contribution in [3.63, 3.8) is 0 Å². The molecule has 1 aromatic heterocycles. The number of fused-ring (bicyclic) bond motifs is 1. The normalized spacial score (nSPS) is 11.4. The Labute approximate surface area is 106 Å². The van der Waals surface area contributed by atoms with E-state index in [1.165, 1.54) is 0 Å². The zero-order valence-corrected chi connectivity index (χ0v) is 10.6. The van der Waals surface area contributed by atoms with E-state index >= 15 is 0 Å². The number of allylic oxidation sites excluding steroid dienone is 1. The number of halogens is 1. The van der Waals surface area contributed by atoms with Crippen LogP contribution in [0.5, 0.6) is 0 Å². The van der Waals surface area contributed by atoms with Gasteiger partial charge in [0.1, 0.15) is 0 Å². The number of carboxylic acid groups (broad SMARTS) is 1. The molecule has 0 bridgehead atoms. The molecule has 0 saturated carbocycles. The quantitative estimate of drug-likeness (QED) is 0.852. The molecule has 0 saturated heterocycles. The second-order valence-corrected chi connectivity index (χ2v) is 4.36. The largest absolute Gasteiger partial charge is 0.476 e. The molecule has 2 aromatic rings. The Morgan fingerprint density at radius 3 is 3.06 bits per heavy atom. The van der Waals surface area contributed by atoms with Gasteiger partial charge in [0.2, 0.25) is 0 Å². The highest BCUT2D eigenvalue weighted by molar-refractivity contribution is 9.09. The van der Waals surface area contributed by atoms with Crippen molar-refractivity contribution >= 4 is 38.9 Å². The number of hydrogen-bond donors (Lipinski definition) is 2. The van der Waals surface area contributed by atoms with Crippen LogP contribution < -0.4 is 0 Å². The molecular formula is C12H11BrN2O2. The van der Waals surface area contributed by atoms with E-state index < -0.39 is 5.97 Å². The molecule has 2 N–H and O–H groups in total. The van der Waals surface area contributed by atoms with Gasteiger partial charge in [0.25, 0.3) is 0 Å². The van der Waals surface area contributed by atoms with E-state index in [9.17, 15) is 4.79 Å². The lowest BCUT2D eigenvalue weighted by atomic mass is 10.1. The van der Waals surface area contributed by atoms with E-state index in [0.29, 0.717) is 5.39 Å². The smallest absolute Gasteiger partial charge is 0.357 e. The Balaban J connectivity index is 2.41. The molecular weight excluding hydrogens is 284 g/mol. The summed E-state index contributed by atoms with van der Waals surface area (Å²) in [5.74, 6) is -1.02. The molecule has 0 radical (unpaired) electrons. The summed E-state index contributed by atoms with van der Waals surface area (Å²) < 4.78 is 0. The zero-order chi connectivity index (χ0) is 12.3. The van der Waals surface area contributed by atoms with E-state index in [-0.39, 0.29) is 5.69 Å². The summed E-state index contributed by atoms with van der Waals surface area (Å²) in [5.41, 5.74) is 1.78. The maximum atomic E-state index is 10.9. The molecule has 0 aliphatic carbocycles. The molecule has 0 spiro atoms. The first-order valence-corrected chi connectivity index (χ1v) is 6.28. The van der Waals surface area contributed by atoms with E-state index in [1.54, 1.807) is 0 Å². The molecule has 2 rings (SSSR count). The molecule has 5 heteroatoms. The first kappa shape index (κ1) is 11.9. The number of carboxylic acids is 1. The van der Waals surface area contributed by atoms with Crippen molar-refractivity contribution in [3.8, 4) is 0 Å². The Hall–Kier alpha value is -1.62. The van der Waals surface area contributed by atoms with Crippen LogP contribution in [0, 0.1) is 0 Å². The van der Waals surface area contributed by atoms with Gasteiger partial charge in [-0.3, -0.25) is 5.10 Å². The summed E-state index contributed by atoms with van der Waals surface area (Å²) in [7, 11) is 0. The van der Waals surface area contributed by atoms with Crippen LogP contribution in [0.3, 0.4) is 0 Å². The lowest BCUT2D eigenvalue weighted by Crippen LogP contribution is -1.96. The number of benzene rings is 1. The predicted molar refractivity (Wildman–Crippen MR) is 70.5 cm³/mol. The molecule has 0 atom stereocenters. The standard InChI is InChI=1S/C12H11BrN2O2/c13-6-2-1-3-8-4-5-10-9(7-8)11(12(16)17)15-14-10/h1,3-5,7H,2,6H2,(H,14,15)(H,16,17). The highest BCUT2D eigenvalue weighted by atomic mass is 79.9. The Kier molecular flexibility index (Phi) is 3.58. The predicted octanol–water partition coefficient (Wildman–Crippen LogP) is 3.06. The highest BCUT2D eigenvalue weighted by Gasteiger charge is 2.12. The summed E-state index contributed by atoms with van der Waals surface area (Å²) in [6.07, 6.45) is 4.95. The van der Waals surface area contributed by atoms with Crippen LogP contribution in [-0.4, -0.2) is 26.6 Å². The number of aromatic carboxylic acids is 1. The van der Waals surface area contributed by atoms with Crippen molar-refractivity contribution in [2.75, 3.05) is 5.33 Å². The van der Waals surface area contributed by atoms with Gasteiger partial charge in [-0.25, -0.2) is 4.79 Å². The number of alkyl halides is 1. The minimum Gasteiger partial charge on any atom is -0.476 e. The third kappa shape index (κ3) is 2.55. The van der Waals surface area contributed by atoms with Gasteiger partial charge in [-0.1, -0.05) is 34.1 Å². The molecule has 1 aromatic carbocycles. The minimum atomic E-state index is -1.02. The SMILES string of the molecule is O=C(O)c1n[nH]c2ccc(C=CCCBr)cc12. The fourth-order valence-corrected chi connectivity index (χ4v) is 1.85. The number of aromatic nitrogens is 2. The van der Waals surface area contributed by atoms with Gasteiger partial charge in [-0.2, -0.15) is 5.10 Å². The second kappa shape index (κ2) is 5.14. The third-order valence-corrected chi connectivity index (χ3v) is 2.83. The van der Waals surface area contributed by atoms with E-state index in [0.717, 1.165) is 22.8 Å². The van der Waals surface area contributed by atoms with Crippen molar-refractivity contribution < 1.29 is 9.90 Å². The van der Waals surface area contributed by atoms with Crippen LogP contribution in [0.15, 0.2) is 24.3 Å². The first-order valence-electron chi connectivity index (χ1n) is 5.16. The Morgan fingerprint density at radius 1 is 1.53 bits per heavy atom. The summed E-state index contributed by atoms with van der Waals surface area (Å²) in [4.78, 5) is 10.9. The van der Waals surface area contributed by atoms with Gasteiger partial charge in [-0.15, -0.1) is 0 Å². The number of carbonyl (C=O) groups is 1. The fourth-order valence-electron chi connectivity index (χ4n) is 1.58. The highest BCUT2D eigenvalue weighted by Crippen LogP contribution is 2.18. The maximum absolute atomic E-state index is 10.9. The first-order chi connectivity index (χ1) is 8.22. The number of aromatic amines is 1. The molecule has 1 heterocycles. The lowest BCUT2D eigenvalue weighted by molar-refractivity contribution is 0.0692. The fraction of sp³-hybridized carbons (Fsp3) is 0.167. The van der Waals surface area contributed by atoms with Crippen LogP contribution in [0.4, 0.5) is 0 Å². The number of nitrogens with zero attached hydrogens (tertiary/aromatic N) is 1. The molecule has 0 aliphatic rings. The zero-order valence-electron chi connectivity index (χ0n) is 8.98. The van der Waals surface area contributed by atoms with Gasteiger partial charge in [0, 0.05) is 10.7 Å². The van der Waals surface area contributed by atoms with Crippen LogP contribution in [0.2, 0.25) is 0 Å². The second-order valence-electron chi connectivity index (χ2n) is 3.56. The van der Waals surface area contributed by atoms with Crippen molar-refractivity contribution in [2.45, 2.75) is 6.42 Å². The van der Waals surface area contributed by atoms with Gasteiger partial charge in [0.15, 0.2) is 5.69 Å². The van der Waals surface area contributed by atoms with E-state index in [4.69, 9.17) is 5.11 Å². The summed E-state index contributed by atoms with van der Waals surface area (Å²) >= 11 is 3.34. The number of nitrogens with one attached hydrogen (secondary N) is 1. The average molecular weight is 295 g/mol. The summed E-state index contributed by atoms with van der Waals surface area (Å²) in [6, 6.07) is 5.59. The molecule has 0 fully saturated rings. The molecule has 0 aliphatic heterocycles. The average Bonchev–Trinajstić information content (AvgIpc) is 2.72. The number of rotatable bonds is 4. The Bertz CT molecular complexity index is 575. The van der Waals surface area contributed by atoms with Crippen molar-refractivity contribution in [1.29, 1.82) is 0 Å². The van der Waals surface area contributed by atoms with Crippen molar-refractivity contribution in [2.24, 2.45) is 0 Å². The topological polar surface area (TPSA) is 66.0 Å². The minimum absolute atomic E-state index is 0.0655. The van der Waals surface area contributed by atoms with Crippen LogP contribution in [-0.2, 0) is 0 Å². The summed E-state index contributed by atoms with van der Waals surface area (Å²) in [5, 5.41) is 17.0. The lowest BCUT2D eigenvalue weighted by Gasteiger charge is -1.95. The monoisotopic (exact) mass is 294 g/mol. The number of hydrogen-bond acceptors (Lipinski definition) is 2. The van der Waals surface area contributed by atoms with E-state index in [1.807, 2.05) is 30.4 Å². The third-order valence-electron chi connectivity index (χ3n) is 2.38. The van der Waals surface area contributed by atoms with Crippen LogP contribution >= 0.6 is 15.9 Å². The summed E-state index contributed by atoms with van der Waals surface area (Å²) in [6.45, 7) is 0. The molecule has 4 nitrogen and oxygen atoms in total. The van der Waals surface area contributed by atoms with Gasteiger partial charge < -0.3 is 5.11 Å². The molecule has 0 unspecified atom stereocenters. The van der Waals surface area contributed by atoms with Gasteiger partial charge in [-0.05, 0) is 24.1 Å². The molecule has 88 valence electrons. The molecule has 0 amide bonds. The van der Waals surface area contributed by atoms with Gasteiger partial charge >= 0.3 is 5.97 Å². The van der Waals surface area contributed by atoms with Crippen molar-refractivity contribution in [3.05, 3.63) is 35.5 Å². The van der Waals surface area contributed by atoms with Crippen molar-refractivity contribution in [1.82, 2.24) is 10.2 Å². The van der Waals surface area contributed by atoms with E-state index in [2.05, 4.69) is 26.1 Å². The van der Waals surface area contributed by atoms with Gasteiger partial charge in [0.05, 0.1) is 5.52 Å². The molecule has 17 heavy (non-hydrogen) atoms. The Morgan fingerprint density at radius 2 is 2.35 bits per heavy atom. The van der Waals surface area contributed by atoms with Crippen LogP contribution in [0.1, 0.15) is 22.5 Å². The maximum Gasteiger partial charge on any atom is 0.357 e.